The summed E-state index contributed by atoms with van der Waals surface area (Å²) in [7, 11) is 1.87. The summed E-state index contributed by atoms with van der Waals surface area (Å²) in [4.78, 5) is 9.59. The van der Waals surface area contributed by atoms with Gasteiger partial charge in [-0.25, -0.2) is 9.98 Å². The van der Waals surface area contributed by atoms with Crippen molar-refractivity contribution in [2.75, 3.05) is 37.1 Å². The van der Waals surface area contributed by atoms with E-state index in [0.717, 1.165) is 18.2 Å². The molecule has 0 bridgehead atoms. The number of morpholine rings is 1. The normalized spacial score (nSPS) is 16.2. The molecule has 0 spiro atoms. The number of thioether (sulfide) groups is 1. The molecule has 1 aliphatic heterocycles. The highest BCUT2D eigenvalue weighted by Gasteiger charge is 2.22. The summed E-state index contributed by atoms with van der Waals surface area (Å²) in [5.74, 6) is 0.0959. The number of aryl methyl sites for hydroxylation is 1. The van der Waals surface area contributed by atoms with Gasteiger partial charge in [0.15, 0.2) is 5.16 Å². The van der Waals surface area contributed by atoms with Gasteiger partial charge in [-0.3, -0.25) is 4.52 Å². The van der Waals surface area contributed by atoms with E-state index in [2.05, 4.69) is 15.2 Å². The molecule has 0 radical (unpaired) electrons. The first-order chi connectivity index (χ1) is 10.7. The Morgan fingerprint density at radius 3 is 3.05 bits per heavy atom. The quantitative estimate of drug-likeness (QED) is 0.296. The third-order valence-electron chi connectivity index (χ3n) is 3.06. The minimum absolute atomic E-state index is 0.192. The number of hydrogen-bond acceptors (Lipinski definition) is 8. The molecule has 1 aliphatic rings. The second-order valence-electron chi connectivity index (χ2n) is 4.64. The van der Waals surface area contributed by atoms with Gasteiger partial charge in [0.2, 0.25) is 5.27 Å². The van der Waals surface area contributed by atoms with Crippen LogP contribution in [0.2, 0.25) is 0 Å². The van der Waals surface area contributed by atoms with Crippen molar-refractivity contribution in [3.05, 3.63) is 18.6 Å². The van der Waals surface area contributed by atoms with Gasteiger partial charge in [0.25, 0.3) is 6.20 Å². The molecule has 10 heteroatoms. The van der Waals surface area contributed by atoms with Crippen molar-refractivity contribution in [3.63, 3.8) is 0 Å². The summed E-state index contributed by atoms with van der Waals surface area (Å²) < 4.78 is 12.2. The van der Waals surface area contributed by atoms with Crippen LogP contribution in [0.3, 0.4) is 0 Å². The van der Waals surface area contributed by atoms with Crippen LogP contribution >= 0.6 is 11.8 Å². The van der Waals surface area contributed by atoms with E-state index in [1.54, 1.807) is 17.2 Å². The van der Waals surface area contributed by atoms with Crippen LogP contribution in [0.25, 0.3) is 0 Å². The fourth-order valence-corrected chi connectivity index (χ4v) is 2.66. The minimum atomic E-state index is -0.293. The van der Waals surface area contributed by atoms with E-state index >= 15 is 0 Å². The maximum absolute atomic E-state index is 11.8. The molecule has 22 heavy (non-hydrogen) atoms. The van der Waals surface area contributed by atoms with Crippen LogP contribution in [-0.2, 0) is 11.8 Å². The predicted octanol–water partition coefficient (Wildman–Crippen LogP) is -1.15. The monoisotopic (exact) mass is 324 g/mol. The molecule has 0 saturated carbocycles. The molecule has 0 amide bonds. The van der Waals surface area contributed by atoms with Crippen LogP contribution in [0.5, 0.6) is 0 Å². The molecular formula is C12H16N6O3S. The van der Waals surface area contributed by atoms with Gasteiger partial charge in [0.05, 0.1) is 31.1 Å². The third kappa shape index (κ3) is 3.57. The Morgan fingerprint density at radius 1 is 1.50 bits per heavy atom. The van der Waals surface area contributed by atoms with Crippen molar-refractivity contribution in [2.45, 2.75) is 5.16 Å². The molecule has 0 aromatic carbocycles. The Hall–Kier alpha value is -2.07. The van der Waals surface area contributed by atoms with E-state index in [1.807, 2.05) is 22.8 Å². The Balaban J connectivity index is 1.59. The molecule has 118 valence electrons. The lowest BCUT2D eigenvalue weighted by molar-refractivity contribution is -0.759. The summed E-state index contributed by atoms with van der Waals surface area (Å²) >= 11 is 1.33. The fraction of sp³-hybridized carbons (Fsp3) is 0.500. The van der Waals surface area contributed by atoms with Crippen molar-refractivity contribution < 1.29 is 19.2 Å². The van der Waals surface area contributed by atoms with E-state index in [1.165, 1.54) is 11.8 Å². The zero-order valence-electron chi connectivity index (χ0n) is 12.1. The average Bonchev–Trinajstić information content (AvgIpc) is 3.15. The summed E-state index contributed by atoms with van der Waals surface area (Å²) in [6.07, 6.45) is 5.10. The van der Waals surface area contributed by atoms with Crippen LogP contribution < -0.4 is 14.9 Å². The zero-order chi connectivity index (χ0) is 15.4. The molecule has 1 saturated heterocycles. The fourth-order valence-electron chi connectivity index (χ4n) is 1.94. The van der Waals surface area contributed by atoms with E-state index in [-0.39, 0.29) is 17.5 Å². The highest BCUT2D eigenvalue weighted by atomic mass is 32.2. The van der Waals surface area contributed by atoms with Crippen LogP contribution in [-0.4, -0.2) is 52.8 Å². The van der Waals surface area contributed by atoms with Gasteiger partial charge in [0, 0.05) is 25.2 Å². The van der Waals surface area contributed by atoms with Crippen LogP contribution in [0.4, 0.5) is 5.88 Å². The largest absolute Gasteiger partial charge is 0.861 e. The molecule has 3 heterocycles. The number of hydrogen-bond donors (Lipinski definition) is 0. The lowest BCUT2D eigenvalue weighted by atomic mass is 10.5. The second kappa shape index (κ2) is 6.79. The standard InChI is InChI=1S/C12H16N6O3S/c1-16-3-2-13-12(16)22-9-10(19)14-11-8-18(15-21-11)17-4-6-20-7-5-17/h2-3,8H,4-7,9H2,1H3. The maximum Gasteiger partial charge on any atom is 0.324 e. The summed E-state index contributed by atoms with van der Waals surface area (Å²) in [5.41, 5.74) is 0. The van der Waals surface area contributed by atoms with Crippen molar-refractivity contribution in [3.8, 4) is 0 Å². The number of imidazole rings is 1. The van der Waals surface area contributed by atoms with Gasteiger partial charge in [0.1, 0.15) is 0 Å². The van der Waals surface area contributed by atoms with Crippen molar-refractivity contribution >= 4 is 23.5 Å². The summed E-state index contributed by atoms with van der Waals surface area (Å²) in [6, 6.07) is 0. The lowest BCUT2D eigenvalue weighted by Gasteiger charge is -2.18. The van der Waals surface area contributed by atoms with Gasteiger partial charge >= 0.3 is 5.88 Å². The number of rotatable bonds is 5. The maximum atomic E-state index is 11.8. The highest BCUT2D eigenvalue weighted by Crippen LogP contribution is 2.15. The van der Waals surface area contributed by atoms with Crippen LogP contribution in [0.1, 0.15) is 0 Å². The first kappa shape index (κ1) is 14.9. The van der Waals surface area contributed by atoms with Crippen molar-refractivity contribution in [1.29, 1.82) is 0 Å². The smallest absolute Gasteiger partial charge is 0.324 e. The molecule has 0 atom stereocenters. The lowest BCUT2D eigenvalue weighted by Crippen LogP contribution is -2.62. The molecule has 9 nitrogen and oxygen atoms in total. The molecule has 2 aromatic rings. The third-order valence-corrected chi connectivity index (χ3v) is 4.10. The topological polar surface area (TPSA) is 95.6 Å². The van der Waals surface area contributed by atoms with Gasteiger partial charge < -0.3 is 14.4 Å². The highest BCUT2D eigenvalue weighted by molar-refractivity contribution is 7.99. The molecule has 3 rings (SSSR count). The van der Waals surface area contributed by atoms with E-state index in [9.17, 15) is 5.11 Å². The van der Waals surface area contributed by atoms with Gasteiger partial charge in [-0.15, -0.1) is 5.01 Å². The summed E-state index contributed by atoms with van der Waals surface area (Å²) in [5, 5.41) is 18.4. The Morgan fingerprint density at radius 2 is 2.32 bits per heavy atom. The Kier molecular flexibility index (Phi) is 4.59. The molecule has 2 aromatic heterocycles. The van der Waals surface area contributed by atoms with Gasteiger partial charge in [-0.1, -0.05) is 11.8 Å². The van der Waals surface area contributed by atoms with Gasteiger partial charge in [-0.2, -0.15) is 0 Å². The SMILES string of the molecule is Cn1ccnc1SC/C([O-])=N\c1c[n+](N2CCOCC2)no1. The van der Waals surface area contributed by atoms with Crippen molar-refractivity contribution in [1.82, 2.24) is 14.8 Å². The van der Waals surface area contributed by atoms with E-state index in [0.29, 0.717) is 13.2 Å². The summed E-state index contributed by atoms with van der Waals surface area (Å²) in [6.45, 7) is 2.73. The van der Waals surface area contributed by atoms with Gasteiger partial charge in [-0.05, 0) is 5.90 Å². The molecule has 0 N–H and O–H groups in total. The first-order valence-electron chi connectivity index (χ1n) is 6.79. The Bertz CT molecular complexity index is 649. The average molecular weight is 324 g/mol. The van der Waals surface area contributed by atoms with E-state index in [4.69, 9.17) is 9.26 Å². The minimum Gasteiger partial charge on any atom is -0.861 e. The predicted molar refractivity (Wildman–Crippen MR) is 76.5 cm³/mol. The molecule has 0 unspecified atom stereocenters. The molecule has 1 fully saturated rings. The first-order valence-corrected chi connectivity index (χ1v) is 7.77. The Labute approximate surface area is 131 Å². The van der Waals surface area contributed by atoms with E-state index < -0.39 is 0 Å². The molecule has 0 aliphatic carbocycles. The van der Waals surface area contributed by atoms with Crippen LogP contribution in [0.15, 0.2) is 33.3 Å². The zero-order valence-corrected chi connectivity index (χ0v) is 12.9. The number of aromatic nitrogens is 4. The number of ether oxygens (including phenoxy) is 1. The van der Waals surface area contributed by atoms with Crippen molar-refractivity contribution in [2.24, 2.45) is 12.0 Å². The second-order valence-corrected chi connectivity index (χ2v) is 5.58. The van der Waals surface area contributed by atoms with Crippen LogP contribution in [0, 0.1) is 0 Å². The number of aliphatic imine (C=N–C) groups is 1. The molecular weight excluding hydrogens is 308 g/mol. The number of nitrogens with zero attached hydrogens (tertiary/aromatic N) is 6.